The highest BCUT2D eigenvalue weighted by atomic mass is 16.7. The Balaban J connectivity index is 2.47. The number of fused-ring (bicyclic) bond motifs is 1. The minimum absolute atomic E-state index is 0.0114. The van der Waals surface area contributed by atoms with Crippen molar-refractivity contribution in [3.8, 4) is 0 Å². The topological polar surface area (TPSA) is 141 Å². The Morgan fingerprint density at radius 1 is 1.08 bits per heavy atom. The summed E-state index contributed by atoms with van der Waals surface area (Å²) in [7, 11) is 0. The summed E-state index contributed by atoms with van der Waals surface area (Å²) in [5, 5.41) is 46.6. The van der Waals surface area contributed by atoms with Crippen molar-refractivity contribution in [3.63, 3.8) is 0 Å². The molecule has 0 aromatic carbocycles. The lowest BCUT2D eigenvalue weighted by Gasteiger charge is -2.71. The van der Waals surface area contributed by atoms with E-state index in [1.807, 2.05) is 19.9 Å². The van der Waals surface area contributed by atoms with Gasteiger partial charge in [-0.05, 0) is 85.0 Å². The van der Waals surface area contributed by atoms with Gasteiger partial charge < -0.3 is 25.2 Å². The number of hydrogen-bond acceptors (Lipinski definition) is 8. The summed E-state index contributed by atoms with van der Waals surface area (Å²) in [5.74, 6) is -6.34. The minimum Gasteiger partial charge on any atom is -0.390 e. The summed E-state index contributed by atoms with van der Waals surface area (Å²) in [6.07, 6.45) is 0.393. The van der Waals surface area contributed by atoms with E-state index in [1.165, 1.54) is 27.7 Å². The number of Topliss-reactive ketones (excluding diaryl/α,β-unsaturated/α-hetero) is 3. The number of carbonyl (C=O) groups is 3. The molecule has 6 unspecified atom stereocenters. The Kier molecular flexibility index (Phi) is 7.39. The van der Waals surface area contributed by atoms with E-state index < -0.39 is 80.5 Å². The molecule has 6 atom stereocenters. The number of hydrogen-bond donors (Lipinski definition) is 4. The number of aliphatic hydroxyl groups is 4. The standard InChI is InChI=1S/C30H48O8/c1-17(2)11-12-19-15-27-16-20(31)26(9,10)38-30(27,37)28(36,14-13-24(5,6)35)23(34)29(22(27)33,25(19,7)8)21(32)18(3)4/h11,18-20,31,35-37H,12-16H2,1-10H3. The molecule has 0 amide bonds. The first-order valence-corrected chi connectivity index (χ1v) is 13.8. The van der Waals surface area contributed by atoms with Crippen LogP contribution < -0.4 is 0 Å². The molecule has 8 heteroatoms. The van der Waals surface area contributed by atoms with Crippen LogP contribution in [0, 0.1) is 28.1 Å². The highest BCUT2D eigenvalue weighted by molar-refractivity contribution is 6.31. The van der Waals surface area contributed by atoms with Crippen molar-refractivity contribution in [1.29, 1.82) is 0 Å². The quantitative estimate of drug-likeness (QED) is 0.287. The Labute approximate surface area is 226 Å². The van der Waals surface area contributed by atoms with E-state index in [2.05, 4.69) is 0 Å². The van der Waals surface area contributed by atoms with Gasteiger partial charge in [0, 0.05) is 5.92 Å². The van der Waals surface area contributed by atoms with Gasteiger partial charge in [-0.3, -0.25) is 14.4 Å². The highest BCUT2D eigenvalue weighted by Crippen LogP contribution is 2.71. The van der Waals surface area contributed by atoms with Gasteiger partial charge in [-0.25, -0.2) is 0 Å². The molecule has 1 heterocycles. The summed E-state index contributed by atoms with van der Waals surface area (Å²) in [4.78, 5) is 43.9. The number of ketones is 3. The molecule has 38 heavy (non-hydrogen) atoms. The average Bonchev–Trinajstić information content (AvgIpc) is 2.75. The van der Waals surface area contributed by atoms with Crippen LogP contribution in [0.1, 0.15) is 101 Å². The largest absolute Gasteiger partial charge is 0.390 e. The lowest BCUT2D eigenvalue weighted by molar-refractivity contribution is -0.415. The number of carbonyl (C=O) groups excluding carboxylic acids is 3. The summed E-state index contributed by atoms with van der Waals surface area (Å²) in [6, 6.07) is 0. The zero-order valence-electron chi connectivity index (χ0n) is 24.8. The highest BCUT2D eigenvalue weighted by Gasteiger charge is 2.87. The molecular formula is C30H48O8. The maximum atomic E-state index is 14.8. The maximum absolute atomic E-state index is 14.8. The second-order valence-corrected chi connectivity index (χ2v) is 14.4. The molecule has 1 saturated heterocycles. The fourth-order valence-corrected chi connectivity index (χ4v) is 7.30. The van der Waals surface area contributed by atoms with Crippen LogP contribution in [0.2, 0.25) is 0 Å². The van der Waals surface area contributed by atoms with Crippen LogP contribution in [0.4, 0.5) is 0 Å². The van der Waals surface area contributed by atoms with Gasteiger partial charge in [0.15, 0.2) is 28.4 Å². The molecule has 0 aromatic rings. The Hall–Kier alpha value is -1.45. The van der Waals surface area contributed by atoms with Gasteiger partial charge in [-0.2, -0.15) is 0 Å². The average molecular weight is 537 g/mol. The van der Waals surface area contributed by atoms with Crippen LogP contribution in [-0.4, -0.2) is 66.5 Å². The van der Waals surface area contributed by atoms with Crippen LogP contribution in [-0.2, 0) is 19.1 Å². The van der Waals surface area contributed by atoms with E-state index >= 15 is 0 Å². The van der Waals surface area contributed by atoms with Gasteiger partial charge in [0.2, 0.25) is 5.79 Å². The van der Waals surface area contributed by atoms with E-state index in [1.54, 1.807) is 27.7 Å². The lowest BCUT2D eigenvalue weighted by atomic mass is 9.34. The predicted molar refractivity (Wildman–Crippen MR) is 142 cm³/mol. The molecule has 0 radical (unpaired) electrons. The molecule has 0 aromatic heterocycles. The zero-order chi connectivity index (χ0) is 29.5. The predicted octanol–water partition coefficient (Wildman–Crippen LogP) is 3.27. The van der Waals surface area contributed by atoms with E-state index in [4.69, 9.17) is 4.74 Å². The first-order chi connectivity index (χ1) is 17.0. The van der Waals surface area contributed by atoms with Gasteiger partial charge in [0.25, 0.3) is 0 Å². The molecule has 3 aliphatic rings. The van der Waals surface area contributed by atoms with Crippen molar-refractivity contribution in [1.82, 2.24) is 0 Å². The Morgan fingerprint density at radius 3 is 2.11 bits per heavy atom. The van der Waals surface area contributed by atoms with E-state index in [0.717, 1.165) is 5.57 Å². The molecule has 2 saturated carbocycles. The van der Waals surface area contributed by atoms with Crippen molar-refractivity contribution in [3.05, 3.63) is 11.6 Å². The second kappa shape index (κ2) is 9.03. The van der Waals surface area contributed by atoms with Crippen molar-refractivity contribution in [2.24, 2.45) is 28.1 Å². The van der Waals surface area contributed by atoms with Gasteiger partial charge in [0.1, 0.15) is 0 Å². The molecule has 2 aliphatic carbocycles. The maximum Gasteiger partial charge on any atom is 0.216 e. The monoisotopic (exact) mass is 536 g/mol. The molecule has 3 rings (SSSR count). The third-order valence-electron chi connectivity index (χ3n) is 9.84. The number of aliphatic hydroxyl groups excluding tert-OH is 1. The molecule has 8 nitrogen and oxygen atoms in total. The van der Waals surface area contributed by atoms with Crippen molar-refractivity contribution < 1.29 is 39.5 Å². The third-order valence-corrected chi connectivity index (χ3v) is 9.84. The van der Waals surface area contributed by atoms with Crippen LogP contribution in [0.3, 0.4) is 0 Å². The number of allylic oxidation sites excluding steroid dienone is 2. The van der Waals surface area contributed by atoms with Gasteiger partial charge in [-0.15, -0.1) is 0 Å². The molecule has 4 N–H and O–H groups in total. The molecule has 216 valence electrons. The SMILES string of the molecule is CC(C)=CCC1CC23CC(O)C(C)(C)OC2(O)C(O)(CCC(C)(C)O)C(=O)C(C(=O)C(C)C)(C3=O)C1(C)C. The third kappa shape index (κ3) is 3.92. The minimum atomic E-state index is -2.72. The molecule has 1 aliphatic heterocycles. The Bertz CT molecular complexity index is 1040. The fraction of sp³-hybridized carbons (Fsp3) is 0.833. The van der Waals surface area contributed by atoms with Crippen LogP contribution in [0.25, 0.3) is 0 Å². The van der Waals surface area contributed by atoms with Crippen molar-refractivity contribution >= 4 is 17.3 Å². The summed E-state index contributed by atoms with van der Waals surface area (Å²) >= 11 is 0. The molecule has 2 bridgehead atoms. The fourth-order valence-electron chi connectivity index (χ4n) is 7.30. The summed E-state index contributed by atoms with van der Waals surface area (Å²) < 4.78 is 6.11. The number of ether oxygens (including phenoxy) is 1. The zero-order valence-corrected chi connectivity index (χ0v) is 24.8. The lowest BCUT2D eigenvalue weighted by Crippen LogP contribution is -2.88. The van der Waals surface area contributed by atoms with Crippen LogP contribution in [0.15, 0.2) is 11.6 Å². The van der Waals surface area contributed by atoms with E-state index in [0.29, 0.717) is 6.42 Å². The van der Waals surface area contributed by atoms with Gasteiger partial charge in [0.05, 0.1) is 22.7 Å². The number of rotatable bonds is 7. The normalized spacial score (nSPS) is 40.1. The van der Waals surface area contributed by atoms with E-state index in [-0.39, 0.29) is 19.3 Å². The van der Waals surface area contributed by atoms with E-state index in [9.17, 15) is 34.8 Å². The van der Waals surface area contributed by atoms with Gasteiger partial charge >= 0.3 is 0 Å². The first kappa shape index (κ1) is 31.1. The molecule has 3 fully saturated rings. The Morgan fingerprint density at radius 2 is 1.63 bits per heavy atom. The molecular weight excluding hydrogens is 488 g/mol. The summed E-state index contributed by atoms with van der Waals surface area (Å²) in [6.45, 7) is 16.6. The van der Waals surface area contributed by atoms with Gasteiger partial charge in [-0.1, -0.05) is 39.3 Å². The summed E-state index contributed by atoms with van der Waals surface area (Å²) in [5.41, 5.74) is -9.82. The molecule has 1 spiro atoms. The van der Waals surface area contributed by atoms with Crippen LogP contribution >= 0.6 is 0 Å². The van der Waals surface area contributed by atoms with Crippen molar-refractivity contribution in [2.75, 3.05) is 0 Å². The second-order valence-electron chi connectivity index (χ2n) is 14.4. The van der Waals surface area contributed by atoms with Crippen LogP contribution in [0.5, 0.6) is 0 Å². The first-order valence-electron chi connectivity index (χ1n) is 13.8. The smallest absolute Gasteiger partial charge is 0.216 e. The van der Waals surface area contributed by atoms with Crippen molar-refractivity contribution in [2.45, 2.75) is 130 Å².